The summed E-state index contributed by atoms with van der Waals surface area (Å²) in [5.41, 5.74) is 1.06. The monoisotopic (exact) mass is 472 g/mol. The smallest absolute Gasteiger partial charge is 0.294 e. The highest BCUT2D eigenvalue weighted by Crippen LogP contribution is 2.42. The molecule has 0 atom stereocenters. The zero-order chi connectivity index (χ0) is 24.0. The number of thioether (sulfide) groups is 1. The zero-order valence-corrected chi connectivity index (χ0v) is 19.5. The molecule has 1 heterocycles. The van der Waals surface area contributed by atoms with Crippen LogP contribution in [0.15, 0.2) is 41.3 Å². The standard InChI is InChI=1S/C23H24N2O7S/c1-5-32-16-9-7-15(8-10-16)24-19(26)13-25-22(27)18(33-23(25)28)12-14-6-11-17(29-2)21(31-4)20(14)30-3/h6-12H,5,13H2,1-4H3,(H,24,26)/b18-12+. The van der Waals surface area contributed by atoms with Gasteiger partial charge in [0.25, 0.3) is 11.1 Å². The van der Waals surface area contributed by atoms with Gasteiger partial charge in [0.05, 0.1) is 32.8 Å². The second-order valence-electron chi connectivity index (χ2n) is 6.70. The van der Waals surface area contributed by atoms with Crippen molar-refractivity contribution in [3.8, 4) is 23.0 Å². The molecule has 1 aliphatic rings. The number of hydrogen-bond donors (Lipinski definition) is 1. The van der Waals surface area contributed by atoms with Crippen molar-refractivity contribution in [3.63, 3.8) is 0 Å². The molecule has 174 valence electrons. The lowest BCUT2D eigenvalue weighted by Gasteiger charge is -2.14. The molecule has 0 aromatic heterocycles. The number of carbonyl (C=O) groups is 3. The van der Waals surface area contributed by atoms with E-state index in [4.69, 9.17) is 18.9 Å². The molecule has 1 saturated heterocycles. The molecule has 0 unspecified atom stereocenters. The maximum atomic E-state index is 12.8. The molecule has 0 saturated carbocycles. The van der Waals surface area contributed by atoms with Crippen molar-refractivity contribution >= 4 is 40.6 Å². The van der Waals surface area contributed by atoms with E-state index in [0.29, 0.717) is 40.9 Å². The highest BCUT2D eigenvalue weighted by Gasteiger charge is 2.36. The van der Waals surface area contributed by atoms with Gasteiger partial charge >= 0.3 is 0 Å². The van der Waals surface area contributed by atoms with Crippen LogP contribution in [0.5, 0.6) is 23.0 Å². The van der Waals surface area contributed by atoms with Crippen LogP contribution >= 0.6 is 11.8 Å². The molecule has 2 aromatic carbocycles. The Bertz CT molecular complexity index is 1080. The van der Waals surface area contributed by atoms with Crippen molar-refractivity contribution in [3.05, 3.63) is 46.9 Å². The van der Waals surface area contributed by atoms with Gasteiger partial charge in [-0.2, -0.15) is 0 Å². The summed E-state index contributed by atoms with van der Waals surface area (Å²) in [5.74, 6) is 0.803. The number of ether oxygens (including phenoxy) is 4. The third-order valence-corrected chi connectivity index (χ3v) is 5.55. The fraction of sp³-hybridized carbons (Fsp3) is 0.261. The van der Waals surface area contributed by atoms with E-state index in [1.54, 1.807) is 36.4 Å². The van der Waals surface area contributed by atoms with Crippen molar-refractivity contribution in [2.75, 3.05) is 39.8 Å². The Balaban J connectivity index is 1.74. The first-order valence-electron chi connectivity index (χ1n) is 9.98. The van der Waals surface area contributed by atoms with Crippen LogP contribution in [0.4, 0.5) is 10.5 Å². The molecule has 3 rings (SSSR count). The number of carbonyl (C=O) groups excluding carboxylic acids is 3. The van der Waals surface area contributed by atoms with Gasteiger partial charge < -0.3 is 24.3 Å². The quantitative estimate of drug-likeness (QED) is 0.550. The number of methoxy groups -OCH3 is 3. The Morgan fingerprint density at radius 2 is 1.70 bits per heavy atom. The summed E-state index contributed by atoms with van der Waals surface area (Å²) in [7, 11) is 4.44. The van der Waals surface area contributed by atoms with Crippen LogP contribution in [0.1, 0.15) is 12.5 Å². The van der Waals surface area contributed by atoms with Crippen molar-refractivity contribution in [2.24, 2.45) is 0 Å². The van der Waals surface area contributed by atoms with Crippen LogP contribution < -0.4 is 24.3 Å². The minimum Gasteiger partial charge on any atom is -0.494 e. The lowest BCUT2D eigenvalue weighted by atomic mass is 10.1. The average molecular weight is 473 g/mol. The molecule has 0 radical (unpaired) electrons. The summed E-state index contributed by atoms with van der Waals surface area (Å²) in [6, 6.07) is 10.2. The second-order valence-corrected chi connectivity index (χ2v) is 7.69. The summed E-state index contributed by atoms with van der Waals surface area (Å²) in [5, 5.41) is 2.14. The predicted molar refractivity (Wildman–Crippen MR) is 125 cm³/mol. The van der Waals surface area contributed by atoms with Gasteiger partial charge in [-0.3, -0.25) is 19.3 Å². The van der Waals surface area contributed by atoms with E-state index in [9.17, 15) is 14.4 Å². The fourth-order valence-corrected chi connectivity index (χ4v) is 3.99. The van der Waals surface area contributed by atoms with E-state index < -0.39 is 23.6 Å². The molecule has 1 fully saturated rings. The van der Waals surface area contributed by atoms with Crippen LogP contribution in [0.25, 0.3) is 6.08 Å². The molecular weight excluding hydrogens is 448 g/mol. The first-order valence-corrected chi connectivity index (χ1v) is 10.8. The van der Waals surface area contributed by atoms with E-state index in [1.807, 2.05) is 6.92 Å². The Morgan fingerprint density at radius 3 is 2.30 bits per heavy atom. The van der Waals surface area contributed by atoms with Gasteiger partial charge in [0.1, 0.15) is 12.3 Å². The lowest BCUT2D eigenvalue weighted by molar-refractivity contribution is -0.127. The molecule has 0 spiro atoms. The van der Waals surface area contributed by atoms with Gasteiger partial charge in [-0.25, -0.2) is 0 Å². The number of nitrogens with zero attached hydrogens (tertiary/aromatic N) is 1. The number of hydrogen-bond acceptors (Lipinski definition) is 8. The van der Waals surface area contributed by atoms with E-state index in [1.165, 1.54) is 27.4 Å². The van der Waals surface area contributed by atoms with Gasteiger partial charge in [0, 0.05) is 11.3 Å². The number of amides is 3. The normalized spacial score (nSPS) is 14.4. The largest absolute Gasteiger partial charge is 0.494 e. The van der Waals surface area contributed by atoms with Crippen LogP contribution in [0, 0.1) is 0 Å². The van der Waals surface area contributed by atoms with Crippen molar-refractivity contribution < 1.29 is 33.3 Å². The Morgan fingerprint density at radius 1 is 1.00 bits per heavy atom. The SMILES string of the molecule is CCOc1ccc(NC(=O)CN2C(=O)S/C(=C/c3ccc(OC)c(OC)c3OC)C2=O)cc1. The zero-order valence-electron chi connectivity index (χ0n) is 18.7. The van der Waals surface area contributed by atoms with Crippen molar-refractivity contribution in [1.29, 1.82) is 0 Å². The van der Waals surface area contributed by atoms with Gasteiger partial charge in [0.15, 0.2) is 11.5 Å². The van der Waals surface area contributed by atoms with E-state index in [-0.39, 0.29) is 4.91 Å². The van der Waals surface area contributed by atoms with Crippen molar-refractivity contribution in [2.45, 2.75) is 6.92 Å². The fourth-order valence-electron chi connectivity index (χ4n) is 3.16. The third-order valence-electron chi connectivity index (χ3n) is 4.65. The summed E-state index contributed by atoms with van der Waals surface area (Å²) in [4.78, 5) is 38.7. The maximum absolute atomic E-state index is 12.8. The molecule has 2 aromatic rings. The molecule has 0 bridgehead atoms. The molecule has 1 aliphatic heterocycles. The van der Waals surface area contributed by atoms with Crippen LogP contribution in [-0.4, -0.2) is 56.4 Å². The second kappa shape index (κ2) is 10.8. The molecule has 0 aliphatic carbocycles. The minimum atomic E-state index is -0.566. The first kappa shape index (κ1) is 24.0. The van der Waals surface area contributed by atoms with Crippen molar-refractivity contribution in [1.82, 2.24) is 4.90 Å². The Kier molecular flexibility index (Phi) is 7.83. The highest BCUT2D eigenvalue weighted by atomic mass is 32.2. The van der Waals surface area contributed by atoms with Crippen LogP contribution in [0.2, 0.25) is 0 Å². The first-order chi connectivity index (χ1) is 15.9. The molecule has 3 amide bonds. The average Bonchev–Trinajstić information content (AvgIpc) is 3.07. The number of rotatable bonds is 9. The predicted octanol–water partition coefficient (Wildman–Crippen LogP) is 3.79. The minimum absolute atomic E-state index is 0.166. The number of benzene rings is 2. The number of nitrogens with one attached hydrogen (secondary N) is 1. The van der Waals surface area contributed by atoms with Gasteiger partial charge in [-0.1, -0.05) is 0 Å². The number of anilines is 1. The highest BCUT2D eigenvalue weighted by molar-refractivity contribution is 8.18. The Hall–Kier alpha value is -3.66. The van der Waals surface area contributed by atoms with Crippen LogP contribution in [0.3, 0.4) is 0 Å². The van der Waals surface area contributed by atoms with Gasteiger partial charge in [0.2, 0.25) is 11.7 Å². The molecule has 9 nitrogen and oxygen atoms in total. The van der Waals surface area contributed by atoms with Crippen LogP contribution in [-0.2, 0) is 9.59 Å². The van der Waals surface area contributed by atoms with E-state index >= 15 is 0 Å². The molecule has 10 heteroatoms. The van der Waals surface area contributed by atoms with E-state index in [0.717, 1.165) is 16.7 Å². The summed E-state index contributed by atoms with van der Waals surface area (Å²) >= 11 is 0.749. The lowest BCUT2D eigenvalue weighted by Crippen LogP contribution is -2.36. The topological polar surface area (TPSA) is 103 Å². The molecule has 1 N–H and O–H groups in total. The van der Waals surface area contributed by atoms with E-state index in [2.05, 4.69) is 5.32 Å². The van der Waals surface area contributed by atoms with Gasteiger partial charge in [-0.05, 0) is 61.2 Å². The molecule has 33 heavy (non-hydrogen) atoms. The Labute approximate surface area is 195 Å². The summed E-state index contributed by atoms with van der Waals surface area (Å²) in [6.45, 7) is 2.01. The number of imide groups is 1. The maximum Gasteiger partial charge on any atom is 0.294 e. The third kappa shape index (κ3) is 5.40. The summed E-state index contributed by atoms with van der Waals surface area (Å²) < 4.78 is 21.4. The summed E-state index contributed by atoms with van der Waals surface area (Å²) in [6.07, 6.45) is 1.52. The molecular formula is C23H24N2O7S. The van der Waals surface area contributed by atoms with Gasteiger partial charge in [-0.15, -0.1) is 0 Å².